The first-order valence-electron chi connectivity index (χ1n) is 8.17. The second kappa shape index (κ2) is 8.88. The van der Waals surface area contributed by atoms with Crippen LogP contribution in [0.1, 0.15) is 5.82 Å². The van der Waals surface area contributed by atoms with Crippen molar-refractivity contribution in [3.8, 4) is 0 Å². The summed E-state index contributed by atoms with van der Waals surface area (Å²) < 4.78 is 40.3. The van der Waals surface area contributed by atoms with Crippen molar-refractivity contribution in [2.75, 3.05) is 21.6 Å². The molecule has 2 heterocycles. The Balaban J connectivity index is 1.70. The Morgan fingerprint density at radius 1 is 1.31 bits per heavy atom. The molecule has 0 aliphatic carbocycles. The smallest absolute Gasteiger partial charge is 0.236 e. The van der Waals surface area contributed by atoms with Crippen molar-refractivity contribution in [1.82, 2.24) is 19.7 Å². The highest BCUT2D eigenvalue weighted by molar-refractivity contribution is 7.99. The second-order valence-corrected chi connectivity index (χ2v) is 9.62. The minimum atomic E-state index is -3.64. The molecule has 29 heavy (non-hydrogen) atoms. The molecule has 0 bridgehead atoms. The monoisotopic (exact) mass is 456 g/mol. The summed E-state index contributed by atoms with van der Waals surface area (Å²) in [5.41, 5.74) is 0.314. The number of hydrogen-bond acceptors (Lipinski definition) is 8. The van der Waals surface area contributed by atoms with E-state index in [1.54, 1.807) is 23.2 Å². The normalized spacial score (nSPS) is 11.4. The number of nitrogens with zero attached hydrogens (tertiary/aromatic N) is 5. The van der Waals surface area contributed by atoms with E-state index in [0.717, 1.165) is 10.6 Å². The molecular formula is C16H17FN6O3S3. The molecular weight excluding hydrogens is 439 g/mol. The first-order valence-corrected chi connectivity index (χ1v) is 11.9. The third-order valence-corrected chi connectivity index (χ3v) is 6.59. The average molecular weight is 457 g/mol. The predicted octanol–water partition coefficient (Wildman–Crippen LogP) is 2.11. The fourth-order valence-corrected chi connectivity index (χ4v) is 4.44. The number of thiazole rings is 1. The summed E-state index contributed by atoms with van der Waals surface area (Å²) in [6, 6.07) is 5.13. The van der Waals surface area contributed by atoms with E-state index < -0.39 is 15.8 Å². The number of aromatic nitrogens is 4. The van der Waals surface area contributed by atoms with Crippen LogP contribution in [0.4, 0.5) is 15.2 Å². The topological polar surface area (TPSA) is 110 Å². The zero-order valence-corrected chi connectivity index (χ0v) is 17.9. The molecule has 3 rings (SSSR count). The molecule has 0 atom stereocenters. The van der Waals surface area contributed by atoms with Gasteiger partial charge in [0, 0.05) is 18.6 Å². The van der Waals surface area contributed by atoms with Crippen LogP contribution in [0, 0.1) is 5.82 Å². The number of nitrogens with one attached hydrogen (secondary N) is 1. The molecule has 1 N–H and O–H groups in total. The van der Waals surface area contributed by atoms with E-state index in [4.69, 9.17) is 0 Å². The van der Waals surface area contributed by atoms with Crippen molar-refractivity contribution in [2.45, 2.75) is 11.7 Å². The standard InChI is InChI=1S/C16H17FN6O3S3/c1-22-13(9-23(29(2,25)26)12-5-3-11(17)4-6-12)20-21-16(22)28-10-14(24)19-15-18-7-8-27-15/h3-8H,9-10H2,1-2H3,(H,18,19,24). The molecule has 0 fully saturated rings. The summed E-state index contributed by atoms with van der Waals surface area (Å²) in [7, 11) is -1.96. The number of carbonyl (C=O) groups excluding carboxylic acids is 1. The van der Waals surface area contributed by atoms with Gasteiger partial charge in [0.25, 0.3) is 0 Å². The van der Waals surface area contributed by atoms with E-state index >= 15 is 0 Å². The fourth-order valence-electron chi connectivity index (χ4n) is 2.31. The summed E-state index contributed by atoms with van der Waals surface area (Å²) >= 11 is 2.48. The summed E-state index contributed by atoms with van der Waals surface area (Å²) in [5.74, 6) is -0.226. The van der Waals surface area contributed by atoms with Gasteiger partial charge in [-0.1, -0.05) is 11.8 Å². The van der Waals surface area contributed by atoms with Gasteiger partial charge in [-0.05, 0) is 24.3 Å². The van der Waals surface area contributed by atoms with Gasteiger partial charge in [-0.3, -0.25) is 9.10 Å². The Labute approximate surface area is 175 Å². The van der Waals surface area contributed by atoms with Crippen LogP contribution in [-0.2, 0) is 28.4 Å². The molecule has 0 radical (unpaired) electrons. The SMILES string of the molecule is Cn1c(CN(c2ccc(F)cc2)S(C)(=O)=O)nnc1SCC(=O)Nc1nccs1. The van der Waals surface area contributed by atoms with Gasteiger partial charge in [0.2, 0.25) is 15.9 Å². The fraction of sp³-hybridized carbons (Fsp3) is 0.250. The maximum Gasteiger partial charge on any atom is 0.236 e. The highest BCUT2D eigenvalue weighted by atomic mass is 32.2. The summed E-state index contributed by atoms with van der Waals surface area (Å²) in [6.07, 6.45) is 2.66. The molecule has 9 nitrogen and oxygen atoms in total. The van der Waals surface area contributed by atoms with E-state index in [9.17, 15) is 17.6 Å². The molecule has 1 amide bonds. The highest BCUT2D eigenvalue weighted by Crippen LogP contribution is 2.22. The number of amides is 1. The van der Waals surface area contributed by atoms with Gasteiger partial charge in [0.15, 0.2) is 16.1 Å². The molecule has 1 aromatic carbocycles. The number of hydrogen-bond donors (Lipinski definition) is 1. The average Bonchev–Trinajstić information content (AvgIpc) is 3.28. The largest absolute Gasteiger partial charge is 0.308 e. The van der Waals surface area contributed by atoms with Gasteiger partial charge < -0.3 is 9.88 Å². The Bertz CT molecular complexity index is 1080. The number of benzene rings is 1. The number of thioether (sulfide) groups is 1. The van der Waals surface area contributed by atoms with Crippen LogP contribution >= 0.6 is 23.1 Å². The van der Waals surface area contributed by atoms with Gasteiger partial charge in [0.05, 0.1) is 24.2 Å². The molecule has 154 valence electrons. The lowest BCUT2D eigenvalue weighted by Crippen LogP contribution is -2.30. The van der Waals surface area contributed by atoms with Crippen LogP contribution in [0.3, 0.4) is 0 Å². The van der Waals surface area contributed by atoms with Crippen LogP contribution in [-0.4, -0.2) is 46.1 Å². The summed E-state index contributed by atoms with van der Waals surface area (Å²) in [6.45, 7) is -0.0835. The number of rotatable bonds is 8. The number of halogens is 1. The summed E-state index contributed by atoms with van der Waals surface area (Å²) in [4.78, 5) is 16.0. The molecule has 3 aromatic rings. The van der Waals surface area contributed by atoms with Gasteiger partial charge in [0.1, 0.15) is 5.82 Å². The zero-order chi connectivity index (χ0) is 21.0. The molecule has 0 unspecified atom stereocenters. The molecule has 0 aliphatic heterocycles. The minimum Gasteiger partial charge on any atom is -0.308 e. The van der Waals surface area contributed by atoms with E-state index in [-0.39, 0.29) is 18.2 Å². The molecule has 0 saturated heterocycles. The first kappa shape index (κ1) is 21.2. The molecule has 0 saturated carbocycles. The van der Waals surface area contributed by atoms with Crippen molar-refractivity contribution >= 4 is 49.8 Å². The Hall–Kier alpha value is -2.51. The number of sulfonamides is 1. The van der Waals surface area contributed by atoms with Crippen molar-refractivity contribution < 1.29 is 17.6 Å². The van der Waals surface area contributed by atoms with E-state index in [1.165, 1.54) is 47.4 Å². The quantitative estimate of drug-likeness (QED) is 0.517. The lowest BCUT2D eigenvalue weighted by atomic mass is 10.3. The number of anilines is 2. The van der Waals surface area contributed by atoms with Crippen LogP contribution < -0.4 is 9.62 Å². The maximum absolute atomic E-state index is 13.2. The van der Waals surface area contributed by atoms with E-state index in [1.807, 2.05) is 0 Å². The van der Waals surface area contributed by atoms with Crippen molar-refractivity contribution in [2.24, 2.45) is 7.05 Å². The lowest BCUT2D eigenvalue weighted by molar-refractivity contribution is -0.113. The second-order valence-electron chi connectivity index (χ2n) is 5.88. The van der Waals surface area contributed by atoms with Crippen molar-refractivity contribution in [3.63, 3.8) is 0 Å². The van der Waals surface area contributed by atoms with Crippen molar-refractivity contribution in [1.29, 1.82) is 0 Å². The minimum absolute atomic E-state index is 0.0835. The Morgan fingerprint density at radius 3 is 2.66 bits per heavy atom. The maximum atomic E-state index is 13.2. The Kier molecular flexibility index (Phi) is 6.49. The third kappa shape index (κ3) is 5.52. The molecule has 2 aromatic heterocycles. The molecule has 0 aliphatic rings. The van der Waals surface area contributed by atoms with Crippen LogP contribution in [0.5, 0.6) is 0 Å². The highest BCUT2D eigenvalue weighted by Gasteiger charge is 2.22. The zero-order valence-electron chi connectivity index (χ0n) is 15.4. The predicted molar refractivity (Wildman–Crippen MR) is 110 cm³/mol. The first-order chi connectivity index (χ1) is 13.7. The van der Waals surface area contributed by atoms with Gasteiger partial charge in [-0.25, -0.2) is 17.8 Å². The molecule has 13 heteroatoms. The van der Waals surface area contributed by atoms with Gasteiger partial charge >= 0.3 is 0 Å². The Morgan fingerprint density at radius 2 is 2.03 bits per heavy atom. The van der Waals surface area contributed by atoms with Crippen LogP contribution in [0.2, 0.25) is 0 Å². The van der Waals surface area contributed by atoms with Crippen molar-refractivity contribution in [3.05, 3.63) is 47.5 Å². The van der Waals surface area contributed by atoms with Gasteiger partial charge in [-0.2, -0.15) is 0 Å². The lowest BCUT2D eigenvalue weighted by Gasteiger charge is -2.21. The molecule has 0 spiro atoms. The third-order valence-electron chi connectivity index (χ3n) is 3.74. The van der Waals surface area contributed by atoms with Gasteiger partial charge in [-0.15, -0.1) is 21.5 Å². The van der Waals surface area contributed by atoms with Crippen LogP contribution in [0.25, 0.3) is 0 Å². The van der Waals surface area contributed by atoms with E-state index in [0.29, 0.717) is 21.8 Å². The number of carbonyl (C=O) groups is 1. The van der Waals surface area contributed by atoms with E-state index in [2.05, 4.69) is 20.5 Å². The summed E-state index contributed by atoms with van der Waals surface area (Å²) in [5, 5.41) is 13.5. The van der Waals surface area contributed by atoms with Crippen LogP contribution in [0.15, 0.2) is 41.0 Å².